The van der Waals surface area contributed by atoms with Gasteiger partial charge < -0.3 is 15.4 Å². The van der Waals surface area contributed by atoms with Gasteiger partial charge in [-0.1, -0.05) is 6.07 Å². The minimum atomic E-state index is -0.186. The van der Waals surface area contributed by atoms with Crippen LogP contribution >= 0.6 is 0 Å². The van der Waals surface area contributed by atoms with Gasteiger partial charge in [-0.05, 0) is 38.9 Å². The van der Waals surface area contributed by atoms with Crippen molar-refractivity contribution >= 4 is 5.69 Å². The third-order valence-electron chi connectivity index (χ3n) is 2.78. The molecule has 2 N–H and O–H groups in total. The van der Waals surface area contributed by atoms with Crippen LogP contribution in [0.1, 0.15) is 19.4 Å². The third-order valence-corrected chi connectivity index (χ3v) is 2.78. The molecule has 0 bridgehead atoms. The Morgan fingerprint density at radius 3 is 2.72 bits per heavy atom. The lowest BCUT2D eigenvalue weighted by atomic mass is 10.1. The van der Waals surface area contributed by atoms with Gasteiger partial charge in [-0.15, -0.1) is 0 Å². The van der Waals surface area contributed by atoms with Crippen molar-refractivity contribution in [3.05, 3.63) is 29.6 Å². The second-order valence-corrected chi connectivity index (χ2v) is 4.62. The first-order valence-corrected chi connectivity index (χ1v) is 6.36. The highest BCUT2D eigenvalue weighted by Gasteiger charge is 2.11. The fraction of sp³-hybridized carbons (Fsp3) is 0.571. The minimum absolute atomic E-state index is 0.186. The quantitative estimate of drug-likeness (QED) is 0.810. The number of hydrogen-bond acceptors (Lipinski definition) is 3. The van der Waals surface area contributed by atoms with Crippen molar-refractivity contribution in [3.63, 3.8) is 0 Å². The molecule has 0 aromatic heterocycles. The molecule has 0 aliphatic rings. The summed E-state index contributed by atoms with van der Waals surface area (Å²) in [5.74, 6) is -0.186. The number of benzene rings is 1. The van der Waals surface area contributed by atoms with E-state index < -0.39 is 0 Å². The van der Waals surface area contributed by atoms with Crippen LogP contribution in [0.3, 0.4) is 0 Å². The monoisotopic (exact) mass is 254 g/mol. The molecule has 0 saturated carbocycles. The van der Waals surface area contributed by atoms with E-state index in [1.54, 1.807) is 6.07 Å². The molecule has 0 atom stereocenters. The molecular weight excluding hydrogens is 231 g/mol. The lowest BCUT2D eigenvalue weighted by molar-refractivity contribution is 0.0846. The molecule has 0 fully saturated rings. The summed E-state index contributed by atoms with van der Waals surface area (Å²) in [4.78, 5) is 2.01. The first-order chi connectivity index (χ1) is 8.56. The summed E-state index contributed by atoms with van der Waals surface area (Å²) in [6, 6.07) is 5.13. The summed E-state index contributed by atoms with van der Waals surface area (Å²) in [5.41, 5.74) is 7.11. The maximum absolute atomic E-state index is 13.7. The second kappa shape index (κ2) is 7.34. The zero-order valence-corrected chi connectivity index (χ0v) is 11.4. The molecule has 0 saturated heterocycles. The highest BCUT2D eigenvalue weighted by atomic mass is 19.1. The van der Waals surface area contributed by atoms with Gasteiger partial charge in [0, 0.05) is 24.8 Å². The molecule has 1 aromatic carbocycles. The Morgan fingerprint density at radius 1 is 1.39 bits per heavy atom. The first kappa shape index (κ1) is 14.9. The number of rotatable bonds is 7. The Labute approximate surface area is 109 Å². The van der Waals surface area contributed by atoms with Gasteiger partial charge in [0.15, 0.2) is 0 Å². The van der Waals surface area contributed by atoms with E-state index in [1.165, 1.54) is 6.07 Å². The highest BCUT2D eigenvalue weighted by Crippen LogP contribution is 2.22. The van der Waals surface area contributed by atoms with E-state index >= 15 is 0 Å². The Morgan fingerprint density at radius 2 is 2.11 bits per heavy atom. The van der Waals surface area contributed by atoms with Crippen LogP contribution in [0.4, 0.5) is 10.1 Å². The predicted octanol–water partition coefficient (Wildman–Crippen LogP) is 2.19. The Balaban J connectivity index is 2.71. The van der Waals surface area contributed by atoms with E-state index in [1.807, 2.05) is 31.9 Å². The first-order valence-electron chi connectivity index (χ1n) is 6.36. The normalized spacial score (nSPS) is 11.0. The average Bonchev–Trinajstić information content (AvgIpc) is 2.31. The minimum Gasteiger partial charge on any atom is -0.377 e. The molecule has 1 rings (SSSR count). The summed E-state index contributed by atoms with van der Waals surface area (Å²) >= 11 is 0. The summed E-state index contributed by atoms with van der Waals surface area (Å²) < 4.78 is 19.2. The molecule has 0 radical (unpaired) electrons. The van der Waals surface area contributed by atoms with E-state index in [0.717, 1.165) is 12.2 Å². The Kier molecular flexibility index (Phi) is 6.09. The zero-order valence-electron chi connectivity index (χ0n) is 11.4. The molecule has 1 aromatic rings. The van der Waals surface area contributed by atoms with Crippen LogP contribution in [0.25, 0.3) is 0 Å². The Bertz CT molecular complexity index is 369. The maximum Gasteiger partial charge on any atom is 0.128 e. The standard InChI is InChI=1S/C14H23FN2O/c1-11(2)18-10-9-17(3)14-6-4-5-13(15)12(14)7-8-16/h4-6,11H,7-10,16H2,1-3H3. The van der Waals surface area contributed by atoms with Crippen LogP contribution in [0.15, 0.2) is 18.2 Å². The average molecular weight is 254 g/mol. The smallest absolute Gasteiger partial charge is 0.128 e. The molecule has 102 valence electrons. The van der Waals surface area contributed by atoms with E-state index in [9.17, 15) is 4.39 Å². The van der Waals surface area contributed by atoms with Crippen molar-refractivity contribution in [1.82, 2.24) is 0 Å². The number of hydrogen-bond donors (Lipinski definition) is 1. The molecule has 0 unspecified atom stereocenters. The topological polar surface area (TPSA) is 38.5 Å². The van der Waals surface area contributed by atoms with Crippen molar-refractivity contribution in [3.8, 4) is 0 Å². The number of halogens is 1. The summed E-state index contributed by atoms with van der Waals surface area (Å²) in [5, 5.41) is 0. The molecule has 0 aliphatic heterocycles. The van der Waals surface area contributed by atoms with Gasteiger partial charge in [-0.3, -0.25) is 0 Å². The van der Waals surface area contributed by atoms with Gasteiger partial charge in [-0.25, -0.2) is 4.39 Å². The van der Waals surface area contributed by atoms with Crippen molar-refractivity contribution in [2.24, 2.45) is 5.73 Å². The van der Waals surface area contributed by atoms with Crippen LogP contribution in [0, 0.1) is 5.82 Å². The van der Waals surface area contributed by atoms with E-state index in [-0.39, 0.29) is 11.9 Å². The lowest BCUT2D eigenvalue weighted by Crippen LogP contribution is -2.25. The number of ether oxygens (including phenoxy) is 1. The van der Waals surface area contributed by atoms with Crippen LogP contribution in [-0.4, -0.2) is 32.8 Å². The fourth-order valence-electron chi connectivity index (χ4n) is 1.84. The van der Waals surface area contributed by atoms with Gasteiger partial charge in [0.05, 0.1) is 12.7 Å². The predicted molar refractivity (Wildman–Crippen MR) is 73.5 cm³/mol. The van der Waals surface area contributed by atoms with Gasteiger partial charge in [-0.2, -0.15) is 0 Å². The third kappa shape index (κ3) is 4.27. The summed E-state index contributed by atoms with van der Waals surface area (Å²) in [6.07, 6.45) is 0.770. The zero-order chi connectivity index (χ0) is 13.5. The molecule has 4 heteroatoms. The van der Waals surface area contributed by atoms with E-state index in [4.69, 9.17) is 10.5 Å². The van der Waals surface area contributed by atoms with Crippen molar-refractivity contribution < 1.29 is 9.13 Å². The molecule has 0 amide bonds. The molecule has 18 heavy (non-hydrogen) atoms. The van der Waals surface area contributed by atoms with Crippen LogP contribution in [0.5, 0.6) is 0 Å². The van der Waals surface area contributed by atoms with Crippen LogP contribution in [-0.2, 0) is 11.2 Å². The lowest BCUT2D eigenvalue weighted by Gasteiger charge is -2.23. The molecule has 3 nitrogen and oxygen atoms in total. The molecule has 0 heterocycles. The number of nitrogens with two attached hydrogens (primary N) is 1. The summed E-state index contributed by atoms with van der Waals surface area (Å²) in [6.45, 7) is 5.82. The van der Waals surface area contributed by atoms with Crippen molar-refractivity contribution in [2.45, 2.75) is 26.4 Å². The van der Waals surface area contributed by atoms with Gasteiger partial charge in [0.1, 0.15) is 5.82 Å². The highest BCUT2D eigenvalue weighted by molar-refractivity contribution is 5.53. The van der Waals surface area contributed by atoms with Crippen molar-refractivity contribution in [1.29, 1.82) is 0 Å². The number of anilines is 1. The largest absolute Gasteiger partial charge is 0.377 e. The SMILES string of the molecule is CC(C)OCCN(C)c1cccc(F)c1CCN. The molecule has 0 spiro atoms. The van der Waals surface area contributed by atoms with Gasteiger partial charge in [0.2, 0.25) is 0 Å². The van der Waals surface area contributed by atoms with Crippen LogP contribution < -0.4 is 10.6 Å². The summed E-state index contributed by atoms with van der Waals surface area (Å²) in [7, 11) is 1.94. The second-order valence-electron chi connectivity index (χ2n) is 4.62. The molecular formula is C14H23FN2O. The van der Waals surface area contributed by atoms with E-state index in [0.29, 0.717) is 25.1 Å². The van der Waals surface area contributed by atoms with E-state index in [2.05, 4.69) is 0 Å². The number of nitrogens with zero attached hydrogens (tertiary/aromatic N) is 1. The van der Waals surface area contributed by atoms with Crippen LogP contribution in [0.2, 0.25) is 0 Å². The fourth-order valence-corrected chi connectivity index (χ4v) is 1.84. The maximum atomic E-state index is 13.7. The Hall–Kier alpha value is -1.13. The van der Waals surface area contributed by atoms with Crippen molar-refractivity contribution in [2.75, 3.05) is 31.6 Å². The number of likely N-dealkylation sites (N-methyl/N-ethyl adjacent to an activating group) is 1. The van der Waals surface area contributed by atoms with Gasteiger partial charge in [0.25, 0.3) is 0 Å². The molecule has 0 aliphatic carbocycles. The van der Waals surface area contributed by atoms with Gasteiger partial charge >= 0.3 is 0 Å².